The molecule has 0 unspecified atom stereocenters. The summed E-state index contributed by atoms with van der Waals surface area (Å²) in [6.45, 7) is 6.88. The van der Waals surface area contributed by atoms with Crippen molar-refractivity contribution in [1.82, 2.24) is 5.32 Å². The highest BCUT2D eigenvalue weighted by molar-refractivity contribution is 5.96. The fraction of sp³-hybridized carbons (Fsp3) is 0.588. The summed E-state index contributed by atoms with van der Waals surface area (Å²) in [5.41, 5.74) is 9.25. The summed E-state index contributed by atoms with van der Waals surface area (Å²) in [5.74, 6) is -0.0113. The van der Waals surface area contributed by atoms with E-state index >= 15 is 0 Å². The van der Waals surface area contributed by atoms with Gasteiger partial charge in [0.25, 0.3) is 5.91 Å². The normalized spacial score (nSPS) is 10.6. The molecule has 0 heterocycles. The molecule has 0 radical (unpaired) electrons. The van der Waals surface area contributed by atoms with Crippen LogP contribution in [0.15, 0.2) is 12.1 Å². The van der Waals surface area contributed by atoms with Gasteiger partial charge in [-0.15, -0.1) is 0 Å². The molecule has 0 saturated carbocycles. The number of unbranched alkanes of at least 4 members (excludes halogenated alkanes) is 5. The topological polar surface area (TPSA) is 55.1 Å². The molecule has 1 amide bonds. The number of carbonyl (C=O) groups excluding carboxylic acids is 1. The maximum absolute atomic E-state index is 12.1. The average molecular weight is 276 g/mol. The van der Waals surface area contributed by atoms with E-state index in [1.54, 1.807) is 6.07 Å². The van der Waals surface area contributed by atoms with Gasteiger partial charge in [-0.2, -0.15) is 0 Å². The predicted molar refractivity (Wildman–Crippen MR) is 86.0 cm³/mol. The van der Waals surface area contributed by atoms with Crippen molar-refractivity contribution < 1.29 is 4.79 Å². The second-order valence-electron chi connectivity index (χ2n) is 5.55. The number of anilines is 1. The van der Waals surface area contributed by atoms with Crippen LogP contribution in [0.2, 0.25) is 0 Å². The van der Waals surface area contributed by atoms with E-state index < -0.39 is 0 Å². The van der Waals surface area contributed by atoms with E-state index in [1.807, 2.05) is 19.9 Å². The predicted octanol–water partition coefficient (Wildman–Crippen LogP) is 3.98. The van der Waals surface area contributed by atoms with Gasteiger partial charge in [0.2, 0.25) is 0 Å². The molecule has 0 spiro atoms. The van der Waals surface area contributed by atoms with Crippen LogP contribution in [0.5, 0.6) is 0 Å². The molecule has 3 heteroatoms. The highest BCUT2D eigenvalue weighted by atomic mass is 16.1. The molecule has 20 heavy (non-hydrogen) atoms. The molecule has 3 N–H and O–H groups in total. The zero-order valence-electron chi connectivity index (χ0n) is 13.1. The van der Waals surface area contributed by atoms with E-state index in [-0.39, 0.29) is 5.91 Å². The van der Waals surface area contributed by atoms with Crippen LogP contribution in [0.1, 0.15) is 66.9 Å². The zero-order chi connectivity index (χ0) is 15.0. The molecule has 112 valence electrons. The van der Waals surface area contributed by atoms with Crippen LogP contribution < -0.4 is 11.1 Å². The summed E-state index contributed by atoms with van der Waals surface area (Å²) >= 11 is 0. The van der Waals surface area contributed by atoms with Crippen LogP contribution in [0, 0.1) is 13.8 Å². The van der Waals surface area contributed by atoms with E-state index in [1.165, 1.54) is 32.1 Å². The van der Waals surface area contributed by atoms with Gasteiger partial charge in [0.1, 0.15) is 0 Å². The molecule has 1 aromatic rings. The first-order chi connectivity index (χ1) is 9.56. The number of rotatable bonds is 8. The second-order valence-corrected chi connectivity index (χ2v) is 5.55. The molecule has 1 aromatic carbocycles. The molecule has 0 aliphatic carbocycles. The molecule has 0 atom stereocenters. The lowest BCUT2D eigenvalue weighted by molar-refractivity contribution is 0.0952. The van der Waals surface area contributed by atoms with E-state index in [0.717, 1.165) is 24.1 Å². The van der Waals surface area contributed by atoms with E-state index in [4.69, 9.17) is 5.73 Å². The number of benzene rings is 1. The largest absolute Gasteiger partial charge is 0.398 e. The van der Waals surface area contributed by atoms with Crippen molar-refractivity contribution in [3.63, 3.8) is 0 Å². The van der Waals surface area contributed by atoms with Crippen LogP contribution in [0.4, 0.5) is 5.69 Å². The first-order valence-corrected chi connectivity index (χ1v) is 7.71. The third-order valence-corrected chi connectivity index (χ3v) is 3.67. The number of hydrogen-bond acceptors (Lipinski definition) is 2. The highest BCUT2D eigenvalue weighted by Crippen LogP contribution is 2.17. The summed E-state index contributed by atoms with van der Waals surface area (Å²) in [7, 11) is 0. The van der Waals surface area contributed by atoms with Gasteiger partial charge in [0, 0.05) is 17.8 Å². The Morgan fingerprint density at radius 3 is 2.40 bits per heavy atom. The monoisotopic (exact) mass is 276 g/mol. The van der Waals surface area contributed by atoms with Crippen molar-refractivity contribution >= 4 is 11.6 Å². The maximum atomic E-state index is 12.1. The van der Waals surface area contributed by atoms with Gasteiger partial charge in [-0.3, -0.25) is 4.79 Å². The number of aryl methyl sites for hydroxylation is 2. The van der Waals surface area contributed by atoms with Crippen LogP contribution in [-0.2, 0) is 0 Å². The number of nitrogens with one attached hydrogen (secondary N) is 1. The molecule has 0 bridgehead atoms. The maximum Gasteiger partial charge on any atom is 0.251 e. The molecule has 0 saturated heterocycles. The third kappa shape index (κ3) is 5.24. The Balaban J connectivity index is 2.34. The molecular weight excluding hydrogens is 248 g/mol. The molecular formula is C17H28N2O. The minimum Gasteiger partial charge on any atom is -0.398 e. The first-order valence-electron chi connectivity index (χ1n) is 7.71. The Morgan fingerprint density at radius 1 is 1.05 bits per heavy atom. The number of carbonyl (C=O) groups is 1. The Kier molecular flexibility index (Phi) is 7.13. The number of nitrogen functional groups attached to an aromatic ring is 1. The van der Waals surface area contributed by atoms with Crippen molar-refractivity contribution in [1.29, 1.82) is 0 Å². The van der Waals surface area contributed by atoms with E-state index in [9.17, 15) is 4.79 Å². The van der Waals surface area contributed by atoms with Gasteiger partial charge in [0.15, 0.2) is 0 Å². The van der Waals surface area contributed by atoms with Gasteiger partial charge in [-0.25, -0.2) is 0 Å². The van der Waals surface area contributed by atoms with Crippen molar-refractivity contribution in [2.75, 3.05) is 12.3 Å². The Bertz CT molecular complexity index is 441. The van der Waals surface area contributed by atoms with Crippen molar-refractivity contribution in [3.8, 4) is 0 Å². The lowest BCUT2D eigenvalue weighted by Crippen LogP contribution is -2.25. The molecule has 3 nitrogen and oxygen atoms in total. The van der Waals surface area contributed by atoms with Gasteiger partial charge < -0.3 is 11.1 Å². The summed E-state index contributed by atoms with van der Waals surface area (Å²) in [6.07, 6.45) is 7.39. The fourth-order valence-electron chi connectivity index (χ4n) is 2.32. The first kappa shape index (κ1) is 16.5. The van der Waals surface area contributed by atoms with E-state index in [2.05, 4.69) is 12.2 Å². The Hall–Kier alpha value is -1.51. The molecule has 0 fully saturated rings. The quantitative estimate of drug-likeness (QED) is 0.557. The van der Waals surface area contributed by atoms with Gasteiger partial charge in [-0.05, 0) is 37.5 Å². The fourth-order valence-corrected chi connectivity index (χ4v) is 2.32. The minimum absolute atomic E-state index is 0.0113. The Labute approximate surface area is 122 Å². The molecule has 1 rings (SSSR count). The summed E-state index contributed by atoms with van der Waals surface area (Å²) < 4.78 is 0. The average Bonchev–Trinajstić information content (AvgIpc) is 2.41. The van der Waals surface area contributed by atoms with Crippen LogP contribution in [0.25, 0.3) is 0 Å². The highest BCUT2D eigenvalue weighted by Gasteiger charge is 2.10. The molecule has 0 aliphatic heterocycles. The SMILES string of the molecule is CCCCCCCCNC(=O)c1cc(N)c(C)cc1C. The molecule has 0 aliphatic rings. The lowest BCUT2D eigenvalue weighted by atomic mass is 10.0. The van der Waals surface area contributed by atoms with Gasteiger partial charge >= 0.3 is 0 Å². The van der Waals surface area contributed by atoms with Crippen molar-refractivity contribution in [2.45, 2.75) is 59.3 Å². The van der Waals surface area contributed by atoms with E-state index in [0.29, 0.717) is 11.3 Å². The van der Waals surface area contributed by atoms with Gasteiger partial charge in [0.05, 0.1) is 0 Å². The summed E-state index contributed by atoms with van der Waals surface area (Å²) in [4.78, 5) is 12.1. The smallest absolute Gasteiger partial charge is 0.251 e. The standard InChI is InChI=1S/C17H28N2O/c1-4-5-6-7-8-9-10-19-17(20)15-12-16(18)14(3)11-13(15)2/h11-12H,4-10,18H2,1-3H3,(H,19,20). The van der Waals surface area contributed by atoms with Crippen LogP contribution >= 0.6 is 0 Å². The zero-order valence-corrected chi connectivity index (χ0v) is 13.1. The summed E-state index contributed by atoms with van der Waals surface area (Å²) in [5, 5.41) is 2.98. The van der Waals surface area contributed by atoms with Crippen molar-refractivity contribution in [3.05, 3.63) is 28.8 Å². The minimum atomic E-state index is -0.0113. The molecule has 0 aromatic heterocycles. The van der Waals surface area contributed by atoms with Crippen LogP contribution in [-0.4, -0.2) is 12.5 Å². The number of hydrogen-bond donors (Lipinski definition) is 2. The second kappa shape index (κ2) is 8.62. The van der Waals surface area contributed by atoms with Crippen molar-refractivity contribution in [2.24, 2.45) is 0 Å². The summed E-state index contributed by atoms with van der Waals surface area (Å²) in [6, 6.07) is 3.75. The van der Waals surface area contributed by atoms with Crippen LogP contribution in [0.3, 0.4) is 0 Å². The van der Waals surface area contributed by atoms with Gasteiger partial charge in [-0.1, -0.05) is 45.1 Å². The third-order valence-electron chi connectivity index (χ3n) is 3.67. The Morgan fingerprint density at radius 2 is 1.70 bits per heavy atom. The number of nitrogens with two attached hydrogens (primary N) is 1. The number of amides is 1. The lowest BCUT2D eigenvalue weighted by Gasteiger charge is -2.10.